The molecule has 108 heavy (non-hydrogen) atoms. The zero-order valence-corrected chi connectivity index (χ0v) is 66.2. The summed E-state index contributed by atoms with van der Waals surface area (Å²) < 4.78 is 42.1. The molecule has 3 aliphatic carbocycles. The number of hydrogen-bond acceptors (Lipinski definition) is 13. The van der Waals surface area contributed by atoms with Gasteiger partial charge in [0, 0.05) is 87.3 Å². The molecule has 1 spiro atoms. The lowest BCUT2D eigenvalue weighted by Gasteiger charge is -2.44. The lowest BCUT2D eigenvalue weighted by Crippen LogP contribution is -2.66. The Morgan fingerprint density at radius 2 is 1.24 bits per heavy atom. The van der Waals surface area contributed by atoms with E-state index in [2.05, 4.69) is 20.9 Å². The van der Waals surface area contributed by atoms with Gasteiger partial charge in [0.15, 0.2) is 0 Å². The van der Waals surface area contributed by atoms with E-state index in [0.717, 1.165) is 79.7 Å². The van der Waals surface area contributed by atoms with Crippen LogP contribution in [0.5, 0.6) is 0 Å². The van der Waals surface area contributed by atoms with Crippen molar-refractivity contribution in [2.24, 2.45) is 23.7 Å². The molecule has 3 saturated heterocycles. The fourth-order valence-corrected chi connectivity index (χ4v) is 17.0. The molecule has 598 valence electrons. The molecular weight excluding hydrogens is 1420 g/mol. The molecule has 2 aromatic rings. The van der Waals surface area contributed by atoms with Crippen LogP contribution in [-0.2, 0) is 76.6 Å². The Labute approximate surface area is 640 Å². The summed E-state index contributed by atoms with van der Waals surface area (Å²) in [5.41, 5.74) is -1.33. The van der Waals surface area contributed by atoms with Crippen molar-refractivity contribution in [3.8, 4) is 0 Å². The average Bonchev–Trinajstić information content (AvgIpc) is 1.26. The van der Waals surface area contributed by atoms with Crippen molar-refractivity contribution >= 4 is 82.5 Å². The number of piperidine rings is 1. The van der Waals surface area contributed by atoms with E-state index < -0.39 is 173 Å². The Morgan fingerprint density at radius 1 is 0.630 bits per heavy atom. The van der Waals surface area contributed by atoms with E-state index in [0.29, 0.717) is 69.3 Å². The minimum absolute atomic E-state index is 0.00646. The van der Waals surface area contributed by atoms with Crippen molar-refractivity contribution in [3.63, 3.8) is 0 Å². The van der Waals surface area contributed by atoms with Crippen molar-refractivity contribution in [3.05, 3.63) is 63.9 Å². The average molecular weight is 1530 g/mol. The summed E-state index contributed by atoms with van der Waals surface area (Å²) in [6.45, 7) is 8.87. The summed E-state index contributed by atoms with van der Waals surface area (Å²) in [7, 11) is 10.1. The first-order valence-electron chi connectivity index (χ1n) is 39.2. The quantitative estimate of drug-likeness (QED) is 0.177. The number of nitrogens with zero attached hydrogens (tertiary/aromatic N) is 10. The van der Waals surface area contributed by atoms with E-state index in [4.69, 9.17) is 11.6 Å². The third kappa shape index (κ3) is 21.1. The van der Waals surface area contributed by atoms with Gasteiger partial charge in [-0.2, -0.15) is 13.2 Å². The number of fused-ring (bicyclic) bond motifs is 1. The molecule has 29 heteroatoms. The molecule has 0 unspecified atom stereocenters. The second-order valence-electron chi connectivity index (χ2n) is 32.0. The third-order valence-corrected chi connectivity index (χ3v) is 24.1. The maximum atomic E-state index is 16.0. The largest absolute Gasteiger partial charge is 0.417 e. The number of rotatable bonds is 13. The van der Waals surface area contributed by atoms with Gasteiger partial charge in [-0.15, -0.1) is 0 Å². The topological polar surface area (TPSA) is 283 Å². The minimum Gasteiger partial charge on any atom is -0.343 e. The van der Waals surface area contributed by atoms with Crippen LogP contribution in [0.25, 0.3) is 0 Å². The number of carbonyl (C=O) groups is 12. The van der Waals surface area contributed by atoms with Gasteiger partial charge in [0.2, 0.25) is 70.9 Å². The molecule has 0 bridgehead atoms. The maximum absolute atomic E-state index is 16.0. The van der Waals surface area contributed by atoms with Crippen molar-refractivity contribution in [2.75, 3.05) is 82.1 Å². The fraction of sp³-hybridized carbons (Fsp3) is 0.709. The normalized spacial score (nSPS) is 26.4. The van der Waals surface area contributed by atoms with Crippen LogP contribution in [0.4, 0.5) is 13.2 Å². The summed E-state index contributed by atoms with van der Waals surface area (Å²) in [6.07, 6.45) is 7.69. The van der Waals surface area contributed by atoms with Crippen molar-refractivity contribution in [2.45, 2.75) is 255 Å². The molecule has 1 aromatic heterocycles. The van der Waals surface area contributed by atoms with E-state index >= 15 is 38.4 Å². The number of alkyl halides is 3. The van der Waals surface area contributed by atoms with Crippen LogP contribution < -0.4 is 16.0 Å². The fourth-order valence-electron chi connectivity index (χ4n) is 16.7. The number of aryl methyl sites for hydroxylation is 2. The van der Waals surface area contributed by atoms with Gasteiger partial charge in [-0.1, -0.05) is 122 Å². The molecule has 0 radical (unpaired) electrons. The van der Waals surface area contributed by atoms with E-state index in [1.54, 1.807) is 37.1 Å². The highest BCUT2D eigenvalue weighted by Gasteiger charge is 2.52. The lowest BCUT2D eigenvalue weighted by atomic mass is 9.81. The van der Waals surface area contributed by atoms with Gasteiger partial charge in [0.1, 0.15) is 53.9 Å². The van der Waals surface area contributed by atoms with Crippen LogP contribution in [0.1, 0.15) is 198 Å². The number of likely N-dealkylation sites (tertiary alicyclic amines) is 1. The number of likely N-dealkylation sites (N-methyl/N-ethyl adjacent to an activating group) is 7. The van der Waals surface area contributed by atoms with Crippen LogP contribution in [0.3, 0.4) is 0 Å². The number of nitrogens with one attached hydrogen (secondary N) is 3. The molecule has 3 aliphatic heterocycles. The van der Waals surface area contributed by atoms with Gasteiger partial charge in [0.05, 0.1) is 30.1 Å². The summed E-state index contributed by atoms with van der Waals surface area (Å²) in [5, 5.41) is 8.25. The first-order valence-corrected chi connectivity index (χ1v) is 39.6. The predicted molar refractivity (Wildman–Crippen MR) is 401 cm³/mol. The van der Waals surface area contributed by atoms with Crippen LogP contribution in [0.2, 0.25) is 5.02 Å². The van der Waals surface area contributed by atoms with Crippen molar-refractivity contribution in [1.29, 1.82) is 0 Å². The Kier molecular flexibility index (Phi) is 30.3. The zero-order valence-electron chi connectivity index (χ0n) is 65.5. The van der Waals surface area contributed by atoms with Gasteiger partial charge < -0.3 is 60.0 Å². The number of hydrogen-bond donors (Lipinski definition) is 3. The highest BCUT2D eigenvalue weighted by Crippen LogP contribution is 2.39. The number of halogens is 4. The number of pyridine rings is 1. The SMILES string of the molecule is CC[C@H](C)[C@@H]1NC(=O)[C@H](CC(C)C)N(C)C(=O)C[C@@H](C(=O)N2CCCCC2)N(C)C(=O)[C@H](C2CCCCC2)N(C)C(=O)C2(CCCC2)NC(=O)[C@H](Cc2ccc(C)nc2)N(C)C(=O)[C@H](CCc2ccc(C(F)(F)F)c(Cl)c2)NC(=O)CN(C)C(=O)[C@H](CC2CCCCC2)N(C)C(=O)[C@@H]2CCN2C(=O)CN(C)C1=O. The smallest absolute Gasteiger partial charge is 0.343 e. The van der Waals surface area contributed by atoms with Crippen LogP contribution >= 0.6 is 11.6 Å². The van der Waals surface area contributed by atoms with Gasteiger partial charge in [-0.25, -0.2) is 0 Å². The molecule has 1 aromatic carbocycles. The second-order valence-corrected chi connectivity index (χ2v) is 32.5. The lowest BCUT2D eigenvalue weighted by molar-refractivity contribution is -0.158. The Balaban J connectivity index is 1.22. The minimum atomic E-state index is -4.78. The second kappa shape index (κ2) is 38.1. The molecule has 6 fully saturated rings. The van der Waals surface area contributed by atoms with Gasteiger partial charge in [-0.3, -0.25) is 62.5 Å². The summed E-state index contributed by atoms with van der Waals surface area (Å²) >= 11 is 6.23. The monoisotopic (exact) mass is 1530 g/mol. The maximum Gasteiger partial charge on any atom is 0.417 e. The number of benzene rings is 1. The van der Waals surface area contributed by atoms with E-state index in [1.807, 2.05) is 20.8 Å². The number of amides is 12. The molecule has 25 nitrogen and oxygen atoms in total. The molecule has 3 saturated carbocycles. The van der Waals surface area contributed by atoms with Crippen molar-refractivity contribution in [1.82, 2.24) is 65.0 Å². The molecule has 3 N–H and O–H groups in total. The van der Waals surface area contributed by atoms with E-state index in [9.17, 15) is 32.3 Å². The van der Waals surface area contributed by atoms with Crippen LogP contribution in [0, 0.1) is 30.6 Å². The van der Waals surface area contributed by atoms with Gasteiger partial charge in [-0.05, 0) is 137 Å². The van der Waals surface area contributed by atoms with Crippen molar-refractivity contribution < 1.29 is 70.7 Å². The van der Waals surface area contributed by atoms with Crippen LogP contribution in [0.15, 0.2) is 36.5 Å². The number of carbonyl (C=O) groups excluding carboxylic acids is 12. The molecule has 8 rings (SSSR count). The third-order valence-electron chi connectivity index (χ3n) is 23.8. The molecular formula is C79H117ClF3N13O12. The van der Waals surface area contributed by atoms with Gasteiger partial charge >= 0.3 is 6.18 Å². The Bertz CT molecular complexity index is 3540. The summed E-state index contributed by atoms with van der Waals surface area (Å²) in [4.78, 5) is 199. The first kappa shape index (κ1) is 85.7. The van der Waals surface area contributed by atoms with E-state index in [1.165, 1.54) is 84.8 Å². The number of aromatic nitrogens is 1. The van der Waals surface area contributed by atoms with E-state index in [-0.39, 0.29) is 75.3 Å². The molecule has 4 heterocycles. The molecule has 12 amide bonds. The Hall–Kier alpha value is -7.91. The highest BCUT2D eigenvalue weighted by molar-refractivity contribution is 6.31. The summed E-state index contributed by atoms with van der Waals surface area (Å²) in [5.74, 6) is -8.93. The predicted octanol–water partition coefficient (Wildman–Crippen LogP) is 7.35. The van der Waals surface area contributed by atoms with Gasteiger partial charge in [0.25, 0.3) is 0 Å². The zero-order chi connectivity index (χ0) is 79.2. The first-order chi connectivity index (χ1) is 51.1. The summed E-state index contributed by atoms with van der Waals surface area (Å²) in [6, 6.07) is -3.59. The highest BCUT2D eigenvalue weighted by atomic mass is 35.5. The molecule has 9 atom stereocenters. The standard InChI is InChI=1S/C79H117ClF3N13O12/c1-13-50(4)67-75(106)89(7)48-66(99)96-40-35-59(96)73(104)92(10)62(43-52-25-17-14-18-26-52)72(103)88(6)47-64(97)85-58(34-32-53-31-33-56(57(80)42-53)79(81,82)83)71(102)91(9)61(44-54-30-29-51(5)84-46-54)70(101)87-78(36-21-22-37-78)77(108)94(12)68(55-27-19-15-20-28-55)76(107)93(11)63(74(105)95-38-23-16-24-39-95)45-65(98)90(8)60(41-49(2)3)69(100)86-67/h29-31,33,42,46,49-50,52,55,58-63,67-68H,13-28,32,34-41,43-45,47-48H2,1-12H3,(H,85,97)(H,86,100)(H,87,101)/t50-,58-,59-,60-,61-,62-,63-,67-,68-/m0/s1. The molecule has 6 aliphatic rings. The van der Waals surface area contributed by atoms with Crippen LogP contribution in [-0.4, -0.2) is 256 Å². The Morgan fingerprint density at radius 3 is 1.82 bits per heavy atom.